The molecular formula is C24H22N8O. The molecule has 0 aliphatic carbocycles. The fraction of sp³-hybridized carbons (Fsp3) is 0.0833. The fourth-order valence-electron chi connectivity index (χ4n) is 3.59. The predicted molar refractivity (Wildman–Crippen MR) is 131 cm³/mol. The van der Waals surface area contributed by atoms with E-state index in [4.69, 9.17) is 15.9 Å². The SMILES string of the molecule is Cc1cc(Nc2ccc(-c3cc4cc(Nc5cc(C)nc(N)n5)ccc4o3)cc2)nc(N)n1. The molecule has 9 heteroatoms. The zero-order valence-corrected chi connectivity index (χ0v) is 18.1. The van der Waals surface area contributed by atoms with Gasteiger partial charge in [-0.05, 0) is 62.4 Å². The number of rotatable bonds is 5. The molecule has 2 aromatic carbocycles. The summed E-state index contributed by atoms with van der Waals surface area (Å²) in [5.41, 5.74) is 16.6. The number of fused-ring (bicyclic) bond motifs is 1. The first-order chi connectivity index (χ1) is 15.9. The van der Waals surface area contributed by atoms with Crippen molar-refractivity contribution in [2.45, 2.75) is 13.8 Å². The van der Waals surface area contributed by atoms with Gasteiger partial charge in [0.25, 0.3) is 0 Å². The molecule has 0 unspecified atom stereocenters. The van der Waals surface area contributed by atoms with Gasteiger partial charge in [-0.15, -0.1) is 0 Å². The van der Waals surface area contributed by atoms with E-state index in [1.807, 2.05) is 74.5 Å². The van der Waals surface area contributed by atoms with Crippen molar-refractivity contribution in [2.24, 2.45) is 0 Å². The molecule has 6 N–H and O–H groups in total. The first kappa shape index (κ1) is 20.3. The van der Waals surface area contributed by atoms with Gasteiger partial charge in [0.15, 0.2) is 0 Å². The molecule has 0 saturated carbocycles. The highest BCUT2D eigenvalue weighted by atomic mass is 16.3. The maximum atomic E-state index is 6.06. The number of benzene rings is 2. The molecule has 3 heterocycles. The summed E-state index contributed by atoms with van der Waals surface area (Å²) in [6, 6.07) is 19.5. The summed E-state index contributed by atoms with van der Waals surface area (Å²) in [5, 5.41) is 7.48. The molecule has 0 aliphatic rings. The van der Waals surface area contributed by atoms with Crippen LogP contribution >= 0.6 is 0 Å². The van der Waals surface area contributed by atoms with Gasteiger partial charge < -0.3 is 26.5 Å². The summed E-state index contributed by atoms with van der Waals surface area (Å²) in [6.07, 6.45) is 0. The van der Waals surface area contributed by atoms with E-state index in [0.29, 0.717) is 11.6 Å². The largest absolute Gasteiger partial charge is 0.456 e. The molecule has 0 atom stereocenters. The third-order valence-corrected chi connectivity index (χ3v) is 4.97. The Bertz CT molecular complexity index is 1420. The lowest BCUT2D eigenvalue weighted by Crippen LogP contribution is -2.01. The Labute approximate surface area is 189 Å². The van der Waals surface area contributed by atoms with Crippen molar-refractivity contribution in [3.05, 3.63) is 72.1 Å². The van der Waals surface area contributed by atoms with Gasteiger partial charge in [-0.2, -0.15) is 9.97 Å². The smallest absolute Gasteiger partial charge is 0.222 e. The average molecular weight is 438 g/mol. The quantitative estimate of drug-likeness (QED) is 0.300. The van der Waals surface area contributed by atoms with E-state index in [2.05, 4.69) is 30.6 Å². The second-order valence-electron chi connectivity index (χ2n) is 7.70. The molecule has 0 radical (unpaired) electrons. The maximum absolute atomic E-state index is 6.06. The van der Waals surface area contributed by atoms with Crippen molar-refractivity contribution in [1.82, 2.24) is 19.9 Å². The van der Waals surface area contributed by atoms with Crippen LogP contribution in [-0.4, -0.2) is 19.9 Å². The normalized spacial score (nSPS) is 11.0. The van der Waals surface area contributed by atoms with Gasteiger partial charge >= 0.3 is 0 Å². The standard InChI is InChI=1S/C24H22N8O/c1-13-9-21(31-23(25)27-13)29-17-5-3-15(4-6-17)20-12-16-11-18(7-8-19(16)33-20)30-22-10-14(2)28-24(26)32-22/h3-12H,1-2H3,(H3,25,27,29,31)(H3,26,28,30,32). The van der Waals surface area contributed by atoms with Gasteiger partial charge in [-0.3, -0.25) is 0 Å². The maximum Gasteiger partial charge on any atom is 0.222 e. The zero-order valence-electron chi connectivity index (χ0n) is 18.1. The third kappa shape index (κ3) is 4.52. The van der Waals surface area contributed by atoms with Crippen molar-refractivity contribution in [2.75, 3.05) is 22.1 Å². The molecule has 5 aromatic rings. The predicted octanol–water partition coefficient (Wildman–Crippen LogP) is 4.95. The highest BCUT2D eigenvalue weighted by Gasteiger charge is 2.09. The van der Waals surface area contributed by atoms with Crippen LogP contribution in [0.4, 0.5) is 34.9 Å². The van der Waals surface area contributed by atoms with E-state index in [0.717, 1.165) is 45.1 Å². The lowest BCUT2D eigenvalue weighted by molar-refractivity contribution is 0.631. The van der Waals surface area contributed by atoms with E-state index < -0.39 is 0 Å². The monoisotopic (exact) mass is 438 g/mol. The Morgan fingerprint density at radius 2 is 1.24 bits per heavy atom. The number of nitrogen functional groups attached to an aromatic ring is 2. The number of aromatic nitrogens is 4. The van der Waals surface area contributed by atoms with Crippen molar-refractivity contribution in [3.8, 4) is 11.3 Å². The van der Waals surface area contributed by atoms with E-state index in [-0.39, 0.29) is 11.9 Å². The van der Waals surface area contributed by atoms with Gasteiger partial charge in [0.1, 0.15) is 23.0 Å². The molecule has 0 fully saturated rings. The summed E-state index contributed by atoms with van der Waals surface area (Å²) >= 11 is 0. The lowest BCUT2D eigenvalue weighted by Gasteiger charge is -2.07. The van der Waals surface area contributed by atoms with Gasteiger partial charge in [-0.25, -0.2) is 9.97 Å². The van der Waals surface area contributed by atoms with Crippen LogP contribution in [0.15, 0.2) is 65.1 Å². The summed E-state index contributed by atoms with van der Waals surface area (Å²) in [6.45, 7) is 3.75. The van der Waals surface area contributed by atoms with Gasteiger partial charge in [0.05, 0.1) is 0 Å². The number of furan rings is 1. The Morgan fingerprint density at radius 1 is 0.667 bits per heavy atom. The molecule has 3 aromatic heterocycles. The van der Waals surface area contributed by atoms with Gasteiger partial charge in [0.2, 0.25) is 11.9 Å². The number of aryl methyl sites for hydroxylation is 2. The van der Waals surface area contributed by atoms with Crippen molar-refractivity contribution < 1.29 is 4.42 Å². The van der Waals surface area contributed by atoms with Crippen LogP contribution in [0.25, 0.3) is 22.3 Å². The topological polar surface area (TPSA) is 141 Å². The number of nitrogens with two attached hydrogens (primary N) is 2. The molecule has 9 nitrogen and oxygen atoms in total. The highest BCUT2D eigenvalue weighted by molar-refractivity contribution is 5.86. The van der Waals surface area contributed by atoms with Crippen LogP contribution in [0.2, 0.25) is 0 Å². The fourth-order valence-corrected chi connectivity index (χ4v) is 3.59. The van der Waals surface area contributed by atoms with E-state index >= 15 is 0 Å². The van der Waals surface area contributed by atoms with E-state index in [1.165, 1.54) is 0 Å². The zero-order chi connectivity index (χ0) is 22.9. The second-order valence-corrected chi connectivity index (χ2v) is 7.70. The van der Waals surface area contributed by atoms with E-state index in [9.17, 15) is 0 Å². The second kappa shape index (κ2) is 8.12. The number of hydrogen-bond donors (Lipinski definition) is 4. The summed E-state index contributed by atoms with van der Waals surface area (Å²) < 4.78 is 6.06. The van der Waals surface area contributed by atoms with Crippen LogP contribution in [0, 0.1) is 13.8 Å². The van der Waals surface area contributed by atoms with Crippen LogP contribution in [0.3, 0.4) is 0 Å². The van der Waals surface area contributed by atoms with Crippen LogP contribution < -0.4 is 22.1 Å². The molecule has 33 heavy (non-hydrogen) atoms. The summed E-state index contributed by atoms with van der Waals surface area (Å²) in [7, 11) is 0. The van der Waals surface area contributed by atoms with Gasteiger partial charge in [0, 0.05) is 45.8 Å². The number of nitrogens with one attached hydrogen (secondary N) is 2. The third-order valence-electron chi connectivity index (χ3n) is 4.97. The Kier molecular flexibility index (Phi) is 4.98. The van der Waals surface area contributed by atoms with Crippen LogP contribution in [0.5, 0.6) is 0 Å². The molecular weight excluding hydrogens is 416 g/mol. The van der Waals surface area contributed by atoms with Crippen molar-refractivity contribution in [1.29, 1.82) is 0 Å². The molecule has 0 aliphatic heterocycles. The minimum absolute atomic E-state index is 0.237. The molecule has 5 rings (SSSR count). The highest BCUT2D eigenvalue weighted by Crippen LogP contribution is 2.31. The average Bonchev–Trinajstić information content (AvgIpc) is 3.16. The number of anilines is 6. The molecule has 0 saturated heterocycles. The number of nitrogens with zero attached hydrogens (tertiary/aromatic N) is 4. The molecule has 0 bridgehead atoms. The summed E-state index contributed by atoms with van der Waals surface area (Å²) in [5.74, 6) is 2.55. The van der Waals surface area contributed by atoms with Crippen molar-refractivity contribution in [3.63, 3.8) is 0 Å². The Balaban J connectivity index is 1.36. The molecule has 164 valence electrons. The van der Waals surface area contributed by atoms with E-state index in [1.54, 1.807) is 0 Å². The van der Waals surface area contributed by atoms with Crippen molar-refractivity contribution >= 4 is 45.9 Å². The molecule has 0 amide bonds. The lowest BCUT2D eigenvalue weighted by atomic mass is 10.1. The van der Waals surface area contributed by atoms with Crippen LogP contribution in [0.1, 0.15) is 11.4 Å². The Hall–Kier alpha value is -4.66. The summed E-state index contributed by atoms with van der Waals surface area (Å²) in [4.78, 5) is 16.6. The minimum Gasteiger partial charge on any atom is -0.456 e. The van der Waals surface area contributed by atoms with Crippen LogP contribution in [-0.2, 0) is 0 Å². The molecule has 0 spiro atoms. The Morgan fingerprint density at radius 3 is 1.85 bits per heavy atom. The first-order valence-corrected chi connectivity index (χ1v) is 10.3. The van der Waals surface area contributed by atoms with Gasteiger partial charge in [-0.1, -0.05) is 0 Å². The first-order valence-electron chi connectivity index (χ1n) is 10.3. The number of hydrogen-bond acceptors (Lipinski definition) is 9. The minimum atomic E-state index is 0.237.